The molecule has 2 N–H and O–H groups in total. The Bertz CT molecular complexity index is 1790. The van der Waals surface area contributed by atoms with E-state index in [2.05, 4.69) is 68.5 Å². The number of rotatable bonds is 6. The lowest BCUT2D eigenvalue weighted by molar-refractivity contribution is 0.626. The number of H-pyrrole nitrogens is 2. The minimum absolute atomic E-state index is 0.197. The number of benzene rings is 5. The minimum atomic E-state index is -0.197. The summed E-state index contributed by atoms with van der Waals surface area (Å²) < 4.78 is 13.0. The van der Waals surface area contributed by atoms with Crippen molar-refractivity contribution < 1.29 is 4.39 Å². The number of hydrogen-bond donors (Lipinski definition) is 2. The van der Waals surface area contributed by atoms with Crippen molar-refractivity contribution in [3.8, 4) is 0 Å². The zero-order valence-corrected chi connectivity index (χ0v) is 22.6. The van der Waals surface area contributed by atoms with Crippen LogP contribution in [-0.4, -0.2) is 19.9 Å². The van der Waals surface area contributed by atoms with Gasteiger partial charge in [-0.25, -0.2) is 14.4 Å². The minimum Gasteiger partial charge on any atom is -0.333 e. The third-order valence-corrected chi connectivity index (χ3v) is 8.08. The molecular weight excluding hydrogens is 524 g/mol. The van der Waals surface area contributed by atoms with Gasteiger partial charge >= 0.3 is 0 Å². The van der Waals surface area contributed by atoms with Gasteiger partial charge in [0.2, 0.25) is 0 Å². The lowest BCUT2D eigenvalue weighted by Crippen LogP contribution is -1.83. The van der Waals surface area contributed by atoms with Crippen LogP contribution in [0.3, 0.4) is 0 Å². The molecule has 2 heterocycles. The largest absolute Gasteiger partial charge is 0.333 e. The Morgan fingerprint density at radius 3 is 1.72 bits per heavy atom. The van der Waals surface area contributed by atoms with Crippen molar-refractivity contribution in [2.24, 2.45) is 0 Å². The van der Waals surface area contributed by atoms with Gasteiger partial charge in [-0.2, -0.15) is 0 Å². The van der Waals surface area contributed by atoms with Crippen molar-refractivity contribution in [2.45, 2.75) is 21.8 Å². The second kappa shape index (κ2) is 11.8. The molecule has 0 radical (unpaired) electrons. The number of aromatic amines is 2. The Labute approximate surface area is 234 Å². The van der Waals surface area contributed by atoms with Gasteiger partial charge in [0.1, 0.15) is 5.82 Å². The summed E-state index contributed by atoms with van der Waals surface area (Å²) in [6.07, 6.45) is 0. The normalized spacial score (nSPS) is 11.1. The molecule has 192 valence electrons. The fourth-order valence-corrected chi connectivity index (χ4v) is 5.91. The molecule has 7 heteroatoms. The Morgan fingerprint density at radius 2 is 1.10 bits per heavy atom. The highest BCUT2D eigenvalue weighted by atomic mass is 32.2. The van der Waals surface area contributed by atoms with Crippen molar-refractivity contribution in [3.63, 3.8) is 0 Å². The van der Waals surface area contributed by atoms with Crippen molar-refractivity contribution >= 4 is 56.4 Å². The van der Waals surface area contributed by atoms with E-state index in [1.54, 1.807) is 35.7 Å². The molecule has 5 aromatic carbocycles. The summed E-state index contributed by atoms with van der Waals surface area (Å²) >= 11 is 3.32. The van der Waals surface area contributed by atoms with Gasteiger partial charge in [0, 0.05) is 11.5 Å². The molecule has 39 heavy (non-hydrogen) atoms. The van der Waals surface area contributed by atoms with Gasteiger partial charge in [-0.1, -0.05) is 102 Å². The van der Waals surface area contributed by atoms with Crippen LogP contribution in [0.2, 0.25) is 0 Å². The summed E-state index contributed by atoms with van der Waals surface area (Å²) in [5.41, 5.74) is 6.38. The molecule has 0 bridgehead atoms. The molecule has 0 spiro atoms. The topological polar surface area (TPSA) is 57.4 Å². The fraction of sp³-hybridized carbons (Fsp3) is 0.0625. The molecule has 7 aromatic rings. The number of nitrogens with zero attached hydrogens (tertiary/aromatic N) is 2. The summed E-state index contributed by atoms with van der Waals surface area (Å²) in [5, 5.41) is 4.42. The predicted octanol–water partition coefficient (Wildman–Crippen LogP) is 9.00. The number of fused-ring (bicyclic) bond motifs is 3. The summed E-state index contributed by atoms with van der Waals surface area (Å²) in [4.78, 5) is 15.7. The standard InChI is InChI=1S/C18H14N2S.C14H11FN2S/c1-2-6-15-11-13(9-10-14(15)5-1)12-21-18-19-16-7-3-4-8-17(16)20-18;15-11-5-3-4-10(8-11)9-18-14-16-12-6-1-2-7-13(12)17-14/h1-11H,12H2,(H,19,20);1-8H,9H2,(H,16,17). The van der Waals surface area contributed by atoms with Crippen LogP contribution in [0.25, 0.3) is 32.8 Å². The third-order valence-electron chi connectivity index (χ3n) is 6.19. The quantitative estimate of drug-likeness (QED) is 0.204. The summed E-state index contributed by atoms with van der Waals surface area (Å²) in [6.45, 7) is 0. The van der Waals surface area contributed by atoms with E-state index >= 15 is 0 Å². The maximum Gasteiger partial charge on any atom is 0.166 e. The van der Waals surface area contributed by atoms with Crippen LogP contribution < -0.4 is 0 Å². The van der Waals surface area contributed by atoms with E-state index in [0.717, 1.165) is 43.7 Å². The number of thioether (sulfide) groups is 2. The number of nitrogens with one attached hydrogen (secondary N) is 2. The monoisotopic (exact) mass is 548 g/mol. The first-order valence-corrected chi connectivity index (χ1v) is 14.5. The molecule has 0 atom stereocenters. The zero-order valence-electron chi connectivity index (χ0n) is 21.0. The highest BCUT2D eigenvalue weighted by Gasteiger charge is 2.05. The first kappa shape index (κ1) is 25.2. The molecule has 7 rings (SSSR count). The predicted molar refractivity (Wildman–Crippen MR) is 162 cm³/mol. The number of hydrogen-bond acceptors (Lipinski definition) is 4. The van der Waals surface area contributed by atoms with Crippen LogP contribution in [-0.2, 0) is 11.5 Å². The van der Waals surface area contributed by atoms with E-state index in [0.29, 0.717) is 5.75 Å². The van der Waals surface area contributed by atoms with Gasteiger partial charge in [0.25, 0.3) is 0 Å². The van der Waals surface area contributed by atoms with Crippen molar-refractivity contribution in [2.75, 3.05) is 0 Å². The Balaban J connectivity index is 0.000000144. The summed E-state index contributed by atoms with van der Waals surface area (Å²) in [6, 6.07) is 37.8. The van der Waals surface area contributed by atoms with Crippen LogP contribution in [0.1, 0.15) is 11.1 Å². The van der Waals surface area contributed by atoms with E-state index in [4.69, 9.17) is 0 Å². The van der Waals surface area contributed by atoms with Crippen LogP contribution in [0.15, 0.2) is 126 Å². The van der Waals surface area contributed by atoms with Gasteiger partial charge in [-0.3, -0.25) is 0 Å². The Morgan fingerprint density at radius 1 is 0.538 bits per heavy atom. The van der Waals surface area contributed by atoms with E-state index in [1.165, 1.54) is 22.4 Å². The zero-order chi connectivity index (χ0) is 26.4. The first-order valence-electron chi connectivity index (χ1n) is 12.6. The van der Waals surface area contributed by atoms with Crippen molar-refractivity contribution in [1.29, 1.82) is 0 Å². The molecule has 0 aliphatic rings. The molecular formula is C32H25FN4S2. The van der Waals surface area contributed by atoms with Crippen LogP contribution in [0.4, 0.5) is 4.39 Å². The molecule has 2 aromatic heterocycles. The van der Waals surface area contributed by atoms with Gasteiger partial charge in [-0.05, 0) is 58.3 Å². The van der Waals surface area contributed by atoms with Gasteiger partial charge < -0.3 is 9.97 Å². The number of imidazole rings is 2. The van der Waals surface area contributed by atoms with E-state index in [1.807, 2.05) is 48.5 Å². The third kappa shape index (κ3) is 6.33. The lowest BCUT2D eigenvalue weighted by Gasteiger charge is -2.02. The number of aromatic nitrogens is 4. The fourth-order valence-electron chi connectivity index (χ4n) is 4.25. The lowest BCUT2D eigenvalue weighted by atomic mass is 10.1. The molecule has 0 saturated heterocycles. The SMILES string of the molecule is Fc1cccc(CSc2nc3ccccc3[nH]2)c1.c1ccc2cc(CSc3nc4ccccc4[nH]3)ccc2c1. The second-order valence-electron chi connectivity index (χ2n) is 9.01. The Hall–Kier alpha value is -4.07. The first-order chi connectivity index (χ1) is 19.2. The highest BCUT2D eigenvalue weighted by molar-refractivity contribution is 7.98. The smallest absolute Gasteiger partial charge is 0.166 e. The molecule has 4 nitrogen and oxygen atoms in total. The van der Waals surface area contributed by atoms with E-state index in [9.17, 15) is 4.39 Å². The van der Waals surface area contributed by atoms with Crippen molar-refractivity contribution in [1.82, 2.24) is 19.9 Å². The van der Waals surface area contributed by atoms with Crippen LogP contribution >= 0.6 is 23.5 Å². The molecule has 0 fully saturated rings. The molecule has 0 unspecified atom stereocenters. The molecule has 0 saturated carbocycles. The Kier molecular flexibility index (Phi) is 7.61. The van der Waals surface area contributed by atoms with Crippen LogP contribution in [0, 0.1) is 5.82 Å². The number of para-hydroxylation sites is 4. The summed E-state index contributed by atoms with van der Waals surface area (Å²) in [5.74, 6) is 1.43. The molecule has 0 amide bonds. The average molecular weight is 549 g/mol. The maximum atomic E-state index is 13.0. The van der Waals surface area contributed by atoms with Gasteiger partial charge in [0.15, 0.2) is 10.3 Å². The van der Waals surface area contributed by atoms with Crippen molar-refractivity contribution in [3.05, 3.63) is 132 Å². The van der Waals surface area contributed by atoms with Gasteiger partial charge in [0.05, 0.1) is 22.1 Å². The second-order valence-corrected chi connectivity index (χ2v) is 10.9. The maximum absolute atomic E-state index is 13.0. The molecule has 0 aliphatic heterocycles. The summed E-state index contributed by atoms with van der Waals surface area (Å²) in [7, 11) is 0. The van der Waals surface area contributed by atoms with E-state index in [-0.39, 0.29) is 5.82 Å². The average Bonchev–Trinajstić information content (AvgIpc) is 3.59. The van der Waals surface area contributed by atoms with E-state index < -0.39 is 0 Å². The molecule has 0 aliphatic carbocycles. The van der Waals surface area contributed by atoms with Gasteiger partial charge in [-0.15, -0.1) is 0 Å². The number of halogens is 1. The highest BCUT2D eigenvalue weighted by Crippen LogP contribution is 2.25. The van der Waals surface area contributed by atoms with Crippen LogP contribution in [0.5, 0.6) is 0 Å².